The van der Waals surface area contributed by atoms with Crippen molar-refractivity contribution in [2.24, 2.45) is 0 Å². The van der Waals surface area contributed by atoms with Gasteiger partial charge < -0.3 is 10.6 Å². The van der Waals surface area contributed by atoms with Gasteiger partial charge in [0.05, 0.1) is 0 Å². The Kier molecular flexibility index (Phi) is 5.12. The highest BCUT2D eigenvalue weighted by molar-refractivity contribution is 6.40. The van der Waals surface area contributed by atoms with E-state index in [1.54, 1.807) is 30.3 Å². The minimum absolute atomic E-state index is 0.415. The average Bonchev–Trinajstić information content (AvgIpc) is 2.39. The summed E-state index contributed by atoms with van der Waals surface area (Å²) in [5.74, 6) is -1.50. The Labute approximate surface area is 106 Å². The molecule has 0 heterocycles. The van der Waals surface area contributed by atoms with Crippen LogP contribution in [0.15, 0.2) is 67.4 Å². The van der Waals surface area contributed by atoms with Crippen LogP contribution in [0.25, 0.3) is 0 Å². The third kappa shape index (κ3) is 4.09. The molecule has 0 spiro atoms. The largest absolute Gasteiger partial charge is 0.318 e. The quantitative estimate of drug-likeness (QED) is 0.626. The molecule has 0 atom stereocenters. The van der Waals surface area contributed by atoms with E-state index >= 15 is 0 Å². The normalized spacial score (nSPS) is 10.3. The van der Waals surface area contributed by atoms with Crippen molar-refractivity contribution in [3.63, 3.8) is 0 Å². The highest BCUT2D eigenvalue weighted by Gasteiger charge is 2.13. The van der Waals surface area contributed by atoms with Crippen molar-refractivity contribution < 1.29 is 9.59 Å². The summed E-state index contributed by atoms with van der Waals surface area (Å²) in [5, 5.41) is 4.88. The molecule has 18 heavy (non-hydrogen) atoms. The first kappa shape index (κ1) is 13.4. The van der Waals surface area contributed by atoms with Gasteiger partial charge in [0.15, 0.2) is 0 Å². The molecular weight excluding hydrogens is 228 g/mol. The van der Waals surface area contributed by atoms with Gasteiger partial charge in [0.2, 0.25) is 0 Å². The predicted molar refractivity (Wildman–Crippen MR) is 71.7 cm³/mol. The zero-order valence-corrected chi connectivity index (χ0v) is 9.85. The molecule has 0 aliphatic rings. The summed E-state index contributed by atoms with van der Waals surface area (Å²) in [4.78, 5) is 23.1. The molecule has 4 heteroatoms. The van der Waals surface area contributed by atoms with Gasteiger partial charge >= 0.3 is 11.8 Å². The maximum Gasteiger partial charge on any atom is 0.314 e. The van der Waals surface area contributed by atoms with E-state index in [0.717, 1.165) is 0 Å². The van der Waals surface area contributed by atoms with Crippen LogP contribution in [-0.4, -0.2) is 11.8 Å². The minimum Gasteiger partial charge on any atom is -0.318 e. The smallest absolute Gasteiger partial charge is 0.314 e. The SMILES string of the molecule is C=C/C=C(\C=C)NC(=O)C(=O)Nc1ccccc1. The lowest BCUT2D eigenvalue weighted by atomic mass is 10.3. The van der Waals surface area contributed by atoms with Gasteiger partial charge in [-0.25, -0.2) is 0 Å². The fraction of sp³-hybridized carbons (Fsp3) is 0. The van der Waals surface area contributed by atoms with Crippen LogP contribution in [-0.2, 0) is 9.59 Å². The van der Waals surface area contributed by atoms with Crippen LogP contribution in [0.2, 0.25) is 0 Å². The summed E-state index contributed by atoms with van der Waals surface area (Å²) in [6, 6.07) is 8.73. The van der Waals surface area contributed by atoms with Crippen LogP contribution in [0, 0.1) is 0 Å². The Balaban J connectivity index is 2.62. The number of hydrogen-bond acceptors (Lipinski definition) is 2. The Morgan fingerprint density at radius 2 is 1.72 bits per heavy atom. The topological polar surface area (TPSA) is 58.2 Å². The van der Waals surface area contributed by atoms with E-state index in [9.17, 15) is 9.59 Å². The van der Waals surface area contributed by atoms with Gasteiger partial charge in [0, 0.05) is 11.4 Å². The van der Waals surface area contributed by atoms with Crippen molar-refractivity contribution in [2.75, 3.05) is 5.32 Å². The van der Waals surface area contributed by atoms with E-state index in [1.165, 1.54) is 12.2 Å². The van der Waals surface area contributed by atoms with E-state index in [2.05, 4.69) is 23.8 Å². The molecule has 0 saturated carbocycles. The van der Waals surface area contributed by atoms with E-state index in [-0.39, 0.29) is 0 Å². The molecule has 0 saturated heterocycles. The first-order chi connectivity index (χ1) is 8.67. The standard InChI is InChI=1S/C14H14N2O2/c1-3-8-11(4-2)15-13(17)14(18)16-12-9-6-5-7-10-12/h3-10H,1-2H2,(H,15,17)(H,16,18)/b11-8+. The van der Waals surface area contributed by atoms with Gasteiger partial charge in [-0.2, -0.15) is 0 Å². The van der Waals surface area contributed by atoms with Gasteiger partial charge in [0.1, 0.15) is 0 Å². The van der Waals surface area contributed by atoms with Crippen LogP contribution in [0.5, 0.6) is 0 Å². The fourth-order valence-corrected chi connectivity index (χ4v) is 1.18. The number of para-hydroxylation sites is 1. The van der Waals surface area contributed by atoms with Crippen LogP contribution in [0.3, 0.4) is 0 Å². The van der Waals surface area contributed by atoms with Crippen LogP contribution >= 0.6 is 0 Å². The van der Waals surface area contributed by atoms with E-state index in [4.69, 9.17) is 0 Å². The maximum absolute atomic E-state index is 11.6. The third-order valence-corrected chi connectivity index (χ3v) is 2.01. The molecule has 0 aliphatic heterocycles. The Hall–Kier alpha value is -2.62. The molecule has 0 aliphatic carbocycles. The number of benzene rings is 1. The molecule has 1 aromatic rings. The van der Waals surface area contributed by atoms with E-state index < -0.39 is 11.8 Å². The summed E-state index contributed by atoms with van der Waals surface area (Å²) in [6.07, 6.45) is 4.46. The lowest BCUT2D eigenvalue weighted by Gasteiger charge is -2.06. The predicted octanol–water partition coefficient (Wildman–Crippen LogP) is 2.00. The van der Waals surface area contributed by atoms with Gasteiger partial charge in [-0.05, 0) is 24.3 Å². The van der Waals surface area contributed by atoms with Crippen LogP contribution in [0.1, 0.15) is 0 Å². The summed E-state index contributed by atoms with van der Waals surface area (Å²) in [7, 11) is 0. The van der Waals surface area contributed by atoms with Gasteiger partial charge in [-0.15, -0.1) is 0 Å². The first-order valence-corrected chi connectivity index (χ1v) is 5.30. The van der Waals surface area contributed by atoms with Gasteiger partial charge in [-0.3, -0.25) is 9.59 Å². The maximum atomic E-state index is 11.6. The molecule has 92 valence electrons. The molecule has 0 fully saturated rings. The number of carbonyl (C=O) groups excluding carboxylic acids is 2. The molecule has 0 unspecified atom stereocenters. The summed E-state index contributed by atoms with van der Waals surface area (Å²) >= 11 is 0. The number of nitrogens with one attached hydrogen (secondary N) is 2. The van der Waals surface area contributed by atoms with Crippen molar-refractivity contribution in [3.8, 4) is 0 Å². The monoisotopic (exact) mass is 242 g/mol. The second-order valence-corrected chi connectivity index (χ2v) is 3.34. The summed E-state index contributed by atoms with van der Waals surface area (Å²) in [5.41, 5.74) is 0.976. The molecule has 0 bridgehead atoms. The molecule has 1 rings (SSSR count). The summed E-state index contributed by atoms with van der Waals surface area (Å²) < 4.78 is 0. The Bertz CT molecular complexity index is 490. The van der Waals surface area contributed by atoms with Gasteiger partial charge in [-0.1, -0.05) is 37.4 Å². The van der Waals surface area contributed by atoms with Gasteiger partial charge in [0.25, 0.3) is 0 Å². The minimum atomic E-state index is -0.758. The van der Waals surface area contributed by atoms with Crippen molar-refractivity contribution in [3.05, 3.63) is 67.4 Å². The highest BCUT2D eigenvalue weighted by Crippen LogP contribution is 2.04. The molecule has 2 amide bonds. The number of amides is 2. The lowest BCUT2D eigenvalue weighted by molar-refractivity contribution is -0.135. The van der Waals surface area contributed by atoms with Crippen LogP contribution < -0.4 is 10.6 Å². The fourth-order valence-electron chi connectivity index (χ4n) is 1.18. The molecule has 4 nitrogen and oxygen atoms in total. The van der Waals surface area contributed by atoms with Crippen molar-refractivity contribution in [1.82, 2.24) is 5.32 Å². The molecule has 2 N–H and O–H groups in total. The van der Waals surface area contributed by atoms with Crippen molar-refractivity contribution >= 4 is 17.5 Å². The number of rotatable bonds is 4. The zero-order chi connectivity index (χ0) is 13.4. The zero-order valence-electron chi connectivity index (χ0n) is 9.85. The Morgan fingerprint density at radius 3 is 2.28 bits per heavy atom. The molecule has 1 aromatic carbocycles. The highest BCUT2D eigenvalue weighted by atomic mass is 16.2. The van der Waals surface area contributed by atoms with Crippen LogP contribution in [0.4, 0.5) is 5.69 Å². The van der Waals surface area contributed by atoms with Crippen molar-refractivity contribution in [2.45, 2.75) is 0 Å². The molecule has 0 aromatic heterocycles. The first-order valence-electron chi connectivity index (χ1n) is 5.30. The third-order valence-electron chi connectivity index (χ3n) is 2.01. The van der Waals surface area contributed by atoms with Crippen molar-refractivity contribution in [1.29, 1.82) is 0 Å². The number of allylic oxidation sites excluding steroid dienone is 3. The lowest BCUT2D eigenvalue weighted by Crippen LogP contribution is -2.34. The molecule has 0 radical (unpaired) electrons. The van der Waals surface area contributed by atoms with E-state index in [1.807, 2.05) is 6.07 Å². The second-order valence-electron chi connectivity index (χ2n) is 3.34. The molecular formula is C14H14N2O2. The number of hydrogen-bond donors (Lipinski definition) is 2. The number of anilines is 1. The Morgan fingerprint density at radius 1 is 1.06 bits per heavy atom. The number of carbonyl (C=O) groups is 2. The van der Waals surface area contributed by atoms with E-state index in [0.29, 0.717) is 11.4 Å². The average molecular weight is 242 g/mol. The summed E-state index contributed by atoms with van der Waals surface area (Å²) in [6.45, 7) is 7.01. The second kappa shape index (κ2) is 6.85.